The summed E-state index contributed by atoms with van der Waals surface area (Å²) < 4.78 is 28.4. The van der Waals surface area contributed by atoms with E-state index in [9.17, 15) is 9.59 Å². The molecule has 9 aliphatic carbocycles. The molecule has 456 valence electrons. The molecule has 8 fully saturated rings. The van der Waals surface area contributed by atoms with Crippen molar-refractivity contribution >= 4 is 11.8 Å². The van der Waals surface area contributed by atoms with Crippen molar-refractivity contribution in [1.82, 2.24) is 10.6 Å². The van der Waals surface area contributed by atoms with Crippen molar-refractivity contribution in [2.24, 2.45) is 46.3 Å². The molecule has 0 radical (unpaired) electrons. The van der Waals surface area contributed by atoms with E-state index < -0.39 is 0 Å². The van der Waals surface area contributed by atoms with Crippen LogP contribution >= 0.6 is 0 Å². The van der Waals surface area contributed by atoms with Crippen LogP contribution in [0.5, 0.6) is 23.0 Å². The van der Waals surface area contributed by atoms with Gasteiger partial charge in [0.1, 0.15) is 23.0 Å². The summed E-state index contributed by atoms with van der Waals surface area (Å²) in [6.45, 7) is 11.6. The van der Waals surface area contributed by atoms with Crippen molar-refractivity contribution in [3.63, 3.8) is 0 Å². The number of hydrogen-bond donors (Lipinski definition) is 2. The summed E-state index contributed by atoms with van der Waals surface area (Å²) in [7, 11) is 0. The maximum Gasteiger partial charge on any atom is 0.226 e. The van der Waals surface area contributed by atoms with E-state index in [1.54, 1.807) is 0 Å². The van der Waals surface area contributed by atoms with Gasteiger partial charge >= 0.3 is 0 Å². The van der Waals surface area contributed by atoms with Gasteiger partial charge in [0, 0.05) is 94.1 Å². The van der Waals surface area contributed by atoms with Gasteiger partial charge < -0.3 is 29.6 Å². The van der Waals surface area contributed by atoms with Crippen molar-refractivity contribution in [2.45, 2.75) is 169 Å². The SMILES string of the molecule is CCCOc1c2cc(C#Cc3ccccc3)cc1Cc1cc(CNC(=O)C34CC5CC(CC(C5)C3)C4)cc(c1OCCC)Cc1cc(C#Cc3ccccc3)cc(c1OCCC)Cc1cc(CNC(=O)C34CC5CC(CC(C5)C3)C4)cc(c1OCCC)C2. The zero-order valence-corrected chi connectivity index (χ0v) is 52.7. The molecular formula is C80H90N2O6. The highest BCUT2D eigenvalue weighted by Crippen LogP contribution is 2.61. The topological polar surface area (TPSA) is 95.1 Å². The molecule has 2 N–H and O–H groups in total. The van der Waals surface area contributed by atoms with E-state index >= 15 is 0 Å². The number of hydrogen-bond acceptors (Lipinski definition) is 6. The number of carbonyl (C=O) groups is 2. The summed E-state index contributed by atoms with van der Waals surface area (Å²) in [5, 5.41) is 7.17. The Morgan fingerprint density at radius 3 is 0.886 bits per heavy atom. The van der Waals surface area contributed by atoms with Crippen LogP contribution in [-0.2, 0) is 48.4 Å². The largest absolute Gasteiger partial charge is 0.493 e. The number of ether oxygens (including phenoxy) is 4. The Kier molecular flexibility index (Phi) is 17.8. The first-order valence-electron chi connectivity index (χ1n) is 33.9. The molecule has 0 atom stereocenters. The number of rotatable bonds is 18. The molecular weight excluding hydrogens is 1080 g/mol. The molecule has 2 amide bonds. The molecule has 6 aromatic rings. The Balaban J connectivity index is 0.999. The van der Waals surface area contributed by atoms with E-state index in [4.69, 9.17) is 18.9 Å². The van der Waals surface area contributed by atoms with E-state index in [0.717, 1.165) is 165 Å². The third-order valence-corrected chi connectivity index (χ3v) is 20.6. The molecule has 16 bridgehead atoms. The minimum atomic E-state index is -0.273. The van der Waals surface area contributed by atoms with Gasteiger partial charge in [0.25, 0.3) is 0 Å². The lowest BCUT2D eigenvalue weighted by atomic mass is 9.49. The number of benzene rings is 6. The molecule has 0 saturated heterocycles. The first-order valence-corrected chi connectivity index (χ1v) is 33.9. The van der Waals surface area contributed by atoms with Gasteiger partial charge in [0.05, 0.1) is 26.4 Å². The fourth-order valence-corrected chi connectivity index (χ4v) is 17.8. The molecule has 0 aromatic heterocycles. The summed E-state index contributed by atoms with van der Waals surface area (Å²) >= 11 is 0. The van der Waals surface area contributed by atoms with Crippen molar-refractivity contribution in [1.29, 1.82) is 0 Å². The zero-order valence-electron chi connectivity index (χ0n) is 52.7. The zero-order chi connectivity index (χ0) is 60.2. The molecule has 15 rings (SSSR count). The van der Waals surface area contributed by atoms with Crippen molar-refractivity contribution in [2.75, 3.05) is 26.4 Å². The van der Waals surface area contributed by atoms with Crippen molar-refractivity contribution in [3.8, 4) is 46.7 Å². The molecule has 0 spiro atoms. The standard InChI is InChI=1S/C80H90N2O6/c1-5-23-85-73-65-33-55(21-19-53-15-11-9-12-16-53)34-66(73)42-70-38-64(52-82-78(84)80-48-60-30-61(49-80)32-62(31-60)50-80)40-72(76(70)88-26-8-4)44-68-36-56(22-20-54-17-13-10-14-18-54)35-67(74(68)86-24-6-2)43-71-39-63(37-69(41-65)75(71)87-25-7-3)51-81-77(83)79-45-57-27-58(46-79)29-59(28-57)47-79/h9-18,33-40,57-62H,5-8,23-32,41-52H2,1-4H3,(H,81,83)(H,82,84). The normalized spacial score (nSPS) is 24.1. The van der Waals surface area contributed by atoms with E-state index in [2.05, 4.69) is 135 Å². The molecule has 8 heteroatoms. The van der Waals surface area contributed by atoms with E-state index in [0.29, 0.717) is 101 Å². The van der Waals surface area contributed by atoms with Gasteiger partial charge in [-0.25, -0.2) is 0 Å². The van der Waals surface area contributed by atoms with Crippen molar-refractivity contribution < 1.29 is 28.5 Å². The number of nitrogens with one attached hydrogen (secondary N) is 2. The minimum absolute atomic E-state index is 0.225. The van der Waals surface area contributed by atoms with E-state index in [1.807, 2.05) is 36.4 Å². The summed E-state index contributed by atoms with van der Waals surface area (Å²) in [4.78, 5) is 29.7. The molecule has 6 aromatic carbocycles. The van der Waals surface area contributed by atoms with Gasteiger partial charge in [0.2, 0.25) is 11.8 Å². The summed E-state index contributed by atoms with van der Waals surface area (Å²) in [6.07, 6.45) is 19.1. The second-order valence-corrected chi connectivity index (χ2v) is 27.8. The fraction of sp³-hybridized carbons (Fsp3) is 0.475. The molecule has 8 saturated carbocycles. The van der Waals surface area contributed by atoms with Gasteiger partial charge in [-0.1, -0.05) is 87.8 Å². The predicted octanol–water partition coefficient (Wildman–Crippen LogP) is 16.0. The summed E-state index contributed by atoms with van der Waals surface area (Å²) in [5.41, 5.74) is 13.4. The van der Waals surface area contributed by atoms with Gasteiger partial charge in [-0.05, 0) is 244 Å². The number of fused-ring (bicyclic) bond motifs is 8. The Labute approximate surface area is 524 Å². The lowest BCUT2D eigenvalue weighted by molar-refractivity contribution is -0.146. The third-order valence-electron chi connectivity index (χ3n) is 20.6. The number of amides is 2. The smallest absolute Gasteiger partial charge is 0.226 e. The van der Waals surface area contributed by atoms with Gasteiger partial charge in [0.15, 0.2) is 0 Å². The van der Waals surface area contributed by atoms with Crippen molar-refractivity contribution in [3.05, 3.63) is 187 Å². The van der Waals surface area contributed by atoms with Crippen LogP contribution in [0.3, 0.4) is 0 Å². The maximum absolute atomic E-state index is 14.8. The Bertz CT molecular complexity index is 3260. The van der Waals surface area contributed by atoms with Crippen LogP contribution in [0, 0.1) is 70.0 Å². The Hall–Kier alpha value is -7.42. The molecule has 0 heterocycles. The Morgan fingerprint density at radius 1 is 0.375 bits per heavy atom. The second-order valence-electron chi connectivity index (χ2n) is 27.8. The van der Waals surface area contributed by atoms with Crippen LogP contribution in [0.15, 0.2) is 109 Å². The molecule has 88 heavy (non-hydrogen) atoms. The van der Waals surface area contributed by atoms with Crippen LogP contribution in [-0.4, -0.2) is 38.2 Å². The third kappa shape index (κ3) is 13.0. The van der Waals surface area contributed by atoms with Crippen LogP contribution in [0.25, 0.3) is 0 Å². The average Bonchev–Trinajstić information content (AvgIpc) is 2.28. The van der Waals surface area contributed by atoms with E-state index in [-0.39, 0.29) is 22.6 Å². The van der Waals surface area contributed by atoms with Crippen LogP contribution in [0.2, 0.25) is 0 Å². The summed E-state index contributed by atoms with van der Waals surface area (Å²) in [5.74, 6) is 22.1. The first-order chi connectivity index (χ1) is 43.0. The lowest BCUT2D eigenvalue weighted by Gasteiger charge is -2.55. The van der Waals surface area contributed by atoms with Crippen LogP contribution in [0.1, 0.15) is 208 Å². The Morgan fingerprint density at radius 2 is 0.625 bits per heavy atom. The summed E-state index contributed by atoms with van der Waals surface area (Å²) in [6, 6.07) is 38.5. The average molecular weight is 1180 g/mol. The molecule has 0 unspecified atom stereocenters. The lowest BCUT2D eigenvalue weighted by Crippen LogP contribution is -2.53. The van der Waals surface area contributed by atoms with Crippen LogP contribution in [0.4, 0.5) is 0 Å². The molecule has 8 nitrogen and oxygen atoms in total. The van der Waals surface area contributed by atoms with Gasteiger partial charge in [-0.3, -0.25) is 9.59 Å². The monoisotopic (exact) mass is 1170 g/mol. The van der Waals surface area contributed by atoms with E-state index in [1.165, 1.54) is 38.5 Å². The fourth-order valence-electron chi connectivity index (χ4n) is 17.8. The van der Waals surface area contributed by atoms with Gasteiger partial charge in [-0.2, -0.15) is 0 Å². The first kappa shape index (κ1) is 59.5. The predicted molar refractivity (Wildman–Crippen MR) is 350 cm³/mol. The van der Waals surface area contributed by atoms with Gasteiger partial charge in [-0.15, -0.1) is 0 Å². The molecule has 0 aliphatic heterocycles. The quantitative estimate of drug-likeness (QED) is 0.0832. The van der Waals surface area contributed by atoms with Crippen LogP contribution < -0.4 is 29.6 Å². The second kappa shape index (κ2) is 26.3. The minimum Gasteiger partial charge on any atom is -0.493 e. The highest BCUT2D eigenvalue weighted by Gasteiger charge is 2.56. The molecule has 9 aliphatic rings. The number of carbonyl (C=O) groups excluding carboxylic acids is 2. The maximum atomic E-state index is 14.8. The highest BCUT2D eigenvalue weighted by atomic mass is 16.5. The highest BCUT2D eigenvalue weighted by molar-refractivity contribution is 5.84.